The number of halogens is 1. The maximum atomic E-state index is 13.9. The molecule has 3 rings (SSSR count). The molecular weight excluding hydrogens is 377 g/mol. The van der Waals surface area contributed by atoms with Crippen LogP contribution in [0.15, 0.2) is 53.4 Å². The number of benzene rings is 2. The normalized spacial score (nSPS) is 12.2. The highest BCUT2D eigenvalue weighted by molar-refractivity contribution is 7.80. The van der Waals surface area contributed by atoms with Crippen LogP contribution in [0.2, 0.25) is 0 Å². The van der Waals surface area contributed by atoms with Gasteiger partial charge in [0.05, 0.1) is 7.11 Å². The van der Waals surface area contributed by atoms with Crippen molar-refractivity contribution in [2.24, 2.45) is 0 Å². The number of rotatable bonds is 7. The highest BCUT2D eigenvalue weighted by Crippen LogP contribution is 2.35. The molecule has 27 heavy (non-hydrogen) atoms. The van der Waals surface area contributed by atoms with Gasteiger partial charge in [0.2, 0.25) is 0 Å². The Hall–Kier alpha value is -1.82. The zero-order chi connectivity index (χ0) is 19.4. The minimum Gasteiger partial charge on any atom is -0.494 e. The van der Waals surface area contributed by atoms with E-state index in [1.807, 2.05) is 18.2 Å². The zero-order valence-electron chi connectivity index (χ0n) is 15.8. The first-order valence-electron chi connectivity index (χ1n) is 9.01. The van der Waals surface area contributed by atoms with E-state index in [2.05, 4.69) is 50.0 Å². The Morgan fingerprint density at radius 3 is 2.37 bits per heavy atom. The van der Waals surface area contributed by atoms with Gasteiger partial charge in [0.15, 0.2) is 11.6 Å². The van der Waals surface area contributed by atoms with Crippen molar-refractivity contribution in [3.8, 4) is 27.3 Å². The number of thiol groups is 1. The van der Waals surface area contributed by atoms with Gasteiger partial charge >= 0.3 is 0 Å². The van der Waals surface area contributed by atoms with Crippen LogP contribution in [-0.4, -0.2) is 13.2 Å². The topological polar surface area (TPSA) is 21.3 Å². The molecule has 0 bridgehead atoms. The fourth-order valence-electron chi connectivity index (χ4n) is 2.77. The first-order valence-corrected chi connectivity index (χ1v) is 10.3. The molecule has 2 nitrogen and oxygen atoms in total. The highest BCUT2D eigenvalue weighted by Gasteiger charge is 2.10. The number of methoxy groups -OCH3 is 1. The van der Waals surface area contributed by atoms with Crippen LogP contribution in [0, 0.1) is 5.82 Å². The summed E-state index contributed by atoms with van der Waals surface area (Å²) in [6.45, 7) is 5.20. The first kappa shape index (κ1) is 19.9. The molecule has 0 aliphatic heterocycles. The molecule has 0 amide bonds. The fraction of sp³-hybridized carbons (Fsp3) is 0.273. The number of hydrogen-bond acceptors (Lipinski definition) is 4. The van der Waals surface area contributed by atoms with Crippen LogP contribution in [0.3, 0.4) is 0 Å². The first-order chi connectivity index (χ1) is 13.0. The van der Waals surface area contributed by atoms with Gasteiger partial charge in [0.25, 0.3) is 0 Å². The van der Waals surface area contributed by atoms with E-state index in [9.17, 15) is 4.39 Å². The standard InChI is InChI=1S/C22H24FNOS2/c1-4-14(2)24-13-22-20(26)12-21(27-22)16-7-5-15(6-8-16)17-9-10-19(25-3)18(23)11-17/h5-12,14,24,26H,4,13H2,1-3H3. The Morgan fingerprint density at radius 1 is 1.07 bits per heavy atom. The Balaban J connectivity index is 1.78. The van der Waals surface area contributed by atoms with Crippen molar-refractivity contribution in [3.05, 3.63) is 59.2 Å². The summed E-state index contributed by atoms with van der Waals surface area (Å²) in [6, 6.07) is 15.8. The maximum absolute atomic E-state index is 13.9. The fourth-order valence-corrected chi connectivity index (χ4v) is 4.22. The molecule has 0 radical (unpaired) electrons. The molecule has 0 aliphatic carbocycles. The zero-order valence-corrected chi connectivity index (χ0v) is 17.5. The lowest BCUT2D eigenvalue weighted by Gasteiger charge is -2.10. The third kappa shape index (κ3) is 4.72. The Bertz CT molecular complexity index is 905. The summed E-state index contributed by atoms with van der Waals surface area (Å²) < 4.78 is 18.9. The van der Waals surface area contributed by atoms with E-state index in [0.29, 0.717) is 6.04 Å². The summed E-state index contributed by atoms with van der Waals surface area (Å²) in [4.78, 5) is 3.45. The minimum atomic E-state index is -0.351. The van der Waals surface area contributed by atoms with E-state index >= 15 is 0 Å². The number of hydrogen-bond donors (Lipinski definition) is 2. The Labute approximate surface area is 169 Å². The molecule has 0 aliphatic rings. The van der Waals surface area contributed by atoms with Crippen molar-refractivity contribution in [2.75, 3.05) is 7.11 Å². The highest BCUT2D eigenvalue weighted by atomic mass is 32.1. The van der Waals surface area contributed by atoms with Crippen molar-refractivity contribution in [3.63, 3.8) is 0 Å². The van der Waals surface area contributed by atoms with Gasteiger partial charge in [-0.1, -0.05) is 37.3 Å². The molecule has 0 saturated carbocycles. The monoisotopic (exact) mass is 401 g/mol. The molecule has 2 aromatic carbocycles. The average molecular weight is 402 g/mol. The van der Waals surface area contributed by atoms with Gasteiger partial charge in [-0.3, -0.25) is 0 Å². The SMILES string of the molecule is CCC(C)NCc1sc(-c2ccc(-c3ccc(OC)c(F)c3)cc2)cc1S. The minimum absolute atomic E-state index is 0.258. The molecule has 0 spiro atoms. The van der Waals surface area contributed by atoms with Gasteiger partial charge in [-0.2, -0.15) is 0 Å². The van der Waals surface area contributed by atoms with Crippen LogP contribution >= 0.6 is 24.0 Å². The number of nitrogens with one attached hydrogen (secondary N) is 1. The second-order valence-corrected chi connectivity index (χ2v) is 8.15. The van der Waals surface area contributed by atoms with E-state index in [4.69, 9.17) is 4.74 Å². The third-order valence-electron chi connectivity index (χ3n) is 4.66. The van der Waals surface area contributed by atoms with Gasteiger partial charge < -0.3 is 10.1 Å². The van der Waals surface area contributed by atoms with Crippen LogP contribution in [0.1, 0.15) is 25.1 Å². The average Bonchev–Trinajstić information content (AvgIpc) is 3.06. The van der Waals surface area contributed by atoms with Crippen LogP contribution in [0.25, 0.3) is 21.6 Å². The number of thiophene rings is 1. The lowest BCUT2D eigenvalue weighted by Crippen LogP contribution is -2.24. The van der Waals surface area contributed by atoms with Gasteiger partial charge in [0, 0.05) is 27.2 Å². The van der Waals surface area contributed by atoms with Crippen LogP contribution < -0.4 is 10.1 Å². The van der Waals surface area contributed by atoms with Gasteiger partial charge in [-0.05, 0) is 48.2 Å². The van der Waals surface area contributed by atoms with Crippen molar-refractivity contribution >= 4 is 24.0 Å². The van der Waals surface area contributed by atoms with Gasteiger partial charge in [-0.25, -0.2) is 4.39 Å². The van der Waals surface area contributed by atoms with Crippen molar-refractivity contribution in [1.82, 2.24) is 5.32 Å². The summed E-state index contributed by atoms with van der Waals surface area (Å²) in [5, 5.41) is 3.52. The van der Waals surface area contributed by atoms with E-state index in [1.165, 1.54) is 22.9 Å². The maximum Gasteiger partial charge on any atom is 0.165 e. The summed E-state index contributed by atoms with van der Waals surface area (Å²) in [7, 11) is 1.47. The van der Waals surface area contributed by atoms with Crippen molar-refractivity contribution in [1.29, 1.82) is 0 Å². The summed E-state index contributed by atoms with van der Waals surface area (Å²) in [5.41, 5.74) is 2.95. The molecule has 1 heterocycles. The van der Waals surface area contributed by atoms with Crippen molar-refractivity contribution in [2.45, 2.75) is 37.8 Å². The van der Waals surface area contributed by atoms with Gasteiger partial charge in [0.1, 0.15) is 0 Å². The second kappa shape index (κ2) is 8.91. The molecule has 1 atom stereocenters. The molecule has 1 N–H and O–H groups in total. The molecule has 5 heteroatoms. The Kier molecular flexibility index (Phi) is 6.58. The summed E-state index contributed by atoms with van der Waals surface area (Å²) in [6.07, 6.45) is 1.10. The van der Waals surface area contributed by atoms with E-state index in [1.54, 1.807) is 17.4 Å². The van der Waals surface area contributed by atoms with E-state index < -0.39 is 0 Å². The second-order valence-electron chi connectivity index (χ2n) is 6.54. The molecule has 0 saturated heterocycles. The molecule has 3 aromatic rings. The molecule has 1 aromatic heterocycles. The molecule has 1 unspecified atom stereocenters. The third-order valence-corrected chi connectivity index (χ3v) is 6.40. The molecule has 142 valence electrons. The van der Waals surface area contributed by atoms with E-state index in [0.717, 1.165) is 34.6 Å². The predicted molar refractivity (Wildman–Crippen MR) is 116 cm³/mol. The molecule has 0 fully saturated rings. The largest absolute Gasteiger partial charge is 0.494 e. The molecular formula is C22H24FNOS2. The smallest absolute Gasteiger partial charge is 0.165 e. The predicted octanol–water partition coefficient (Wildman–Crippen LogP) is 6.41. The van der Waals surface area contributed by atoms with E-state index in [-0.39, 0.29) is 11.6 Å². The lowest BCUT2D eigenvalue weighted by molar-refractivity contribution is 0.386. The van der Waals surface area contributed by atoms with Crippen molar-refractivity contribution < 1.29 is 9.13 Å². The van der Waals surface area contributed by atoms with Crippen LogP contribution in [-0.2, 0) is 6.54 Å². The van der Waals surface area contributed by atoms with Crippen LogP contribution in [0.4, 0.5) is 4.39 Å². The summed E-state index contributed by atoms with van der Waals surface area (Å²) in [5.74, 6) is -0.0932. The van der Waals surface area contributed by atoms with Crippen LogP contribution in [0.5, 0.6) is 5.75 Å². The Morgan fingerprint density at radius 2 is 1.74 bits per heavy atom. The lowest BCUT2D eigenvalue weighted by atomic mass is 10.0. The summed E-state index contributed by atoms with van der Waals surface area (Å²) >= 11 is 6.38. The van der Waals surface area contributed by atoms with Gasteiger partial charge in [-0.15, -0.1) is 24.0 Å². The quantitative estimate of drug-likeness (QED) is 0.447. The number of ether oxygens (including phenoxy) is 1.